The molecule has 1 atom stereocenters. The predicted octanol–water partition coefficient (Wildman–Crippen LogP) is 6.98. The Morgan fingerprint density at radius 2 is 1.88 bits per heavy atom. The molecule has 34 heavy (non-hydrogen) atoms. The van der Waals surface area contributed by atoms with Gasteiger partial charge in [-0.1, -0.05) is 13.0 Å². The number of carbonyl (C=O) groups is 1. The summed E-state index contributed by atoms with van der Waals surface area (Å²) in [7, 11) is 0. The van der Waals surface area contributed by atoms with Gasteiger partial charge in [0.2, 0.25) is 5.91 Å². The van der Waals surface area contributed by atoms with Crippen LogP contribution in [0.5, 0.6) is 0 Å². The summed E-state index contributed by atoms with van der Waals surface area (Å²) in [6.45, 7) is 4.21. The normalized spacial score (nSPS) is 19.3. The molecule has 1 aliphatic rings. The number of fused-ring (bicyclic) bond motifs is 1. The van der Waals surface area contributed by atoms with Gasteiger partial charge in [0.05, 0.1) is 15.4 Å². The third-order valence-corrected chi connectivity index (χ3v) is 8.33. The summed E-state index contributed by atoms with van der Waals surface area (Å²) in [6.07, 6.45) is 7.88. The van der Waals surface area contributed by atoms with E-state index in [2.05, 4.69) is 23.0 Å². The quantitative estimate of drug-likeness (QED) is 0.340. The fraction of sp³-hybridized carbons (Fsp3) is 0.321. The molecule has 2 N–H and O–H groups in total. The average Bonchev–Trinajstić information content (AvgIpc) is 3.29. The molecule has 1 fully saturated rings. The molecule has 4 nitrogen and oxygen atoms in total. The van der Waals surface area contributed by atoms with Crippen molar-refractivity contribution in [2.24, 2.45) is 11.7 Å². The molecule has 0 bridgehead atoms. The molecule has 2 aromatic heterocycles. The summed E-state index contributed by atoms with van der Waals surface area (Å²) in [6, 6.07) is 12.8. The first-order valence-corrected chi connectivity index (χ1v) is 12.6. The largest absolute Gasteiger partial charge is 0.366 e. The number of nitrogens with zero attached hydrogens (tertiary/aromatic N) is 2. The van der Waals surface area contributed by atoms with E-state index in [-0.39, 0.29) is 17.6 Å². The van der Waals surface area contributed by atoms with Gasteiger partial charge in [0, 0.05) is 23.3 Å². The fourth-order valence-corrected chi connectivity index (χ4v) is 6.27. The zero-order chi connectivity index (χ0) is 23.8. The van der Waals surface area contributed by atoms with Crippen molar-refractivity contribution in [3.63, 3.8) is 0 Å². The SMILES string of the molecule is Cc1ncc(-c2ccc(C(N)=O)c([C@H](C)C3CCC(c4ccnc5ccc(F)cc45)CC3)c2)s1. The van der Waals surface area contributed by atoms with E-state index >= 15 is 0 Å². The van der Waals surface area contributed by atoms with Crippen LogP contribution in [0.25, 0.3) is 21.3 Å². The first-order chi connectivity index (χ1) is 16.4. The second kappa shape index (κ2) is 9.26. The van der Waals surface area contributed by atoms with Crippen molar-refractivity contribution in [2.45, 2.75) is 51.4 Å². The van der Waals surface area contributed by atoms with Crippen LogP contribution >= 0.6 is 11.3 Å². The molecule has 6 heteroatoms. The number of rotatable bonds is 5. The van der Waals surface area contributed by atoms with Crippen LogP contribution in [-0.2, 0) is 0 Å². The second-order valence-electron chi connectivity index (χ2n) is 9.37. The Morgan fingerprint density at radius 3 is 2.59 bits per heavy atom. The molecule has 5 rings (SSSR count). The van der Waals surface area contributed by atoms with Gasteiger partial charge < -0.3 is 5.73 Å². The maximum Gasteiger partial charge on any atom is 0.248 e. The number of nitrogens with two attached hydrogens (primary N) is 1. The molecule has 1 amide bonds. The molecule has 0 saturated heterocycles. The lowest BCUT2D eigenvalue weighted by atomic mass is 9.71. The summed E-state index contributed by atoms with van der Waals surface area (Å²) in [5, 5.41) is 1.94. The van der Waals surface area contributed by atoms with Crippen LogP contribution in [-0.4, -0.2) is 15.9 Å². The van der Waals surface area contributed by atoms with E-state index in [0.717, 1.165) is 57.6 Å². The van der Waals surface area contributed by atoms with E-state index in [1.165, 1.54) is 11.6 Å². The number of aryl methyl sites for hydroxylation is 1. The van der Waals surface area contributed by atoms with Crippen LogP contribution in [0.1, 0.15) is 70.9 Å². The van der Waals surface area contributed by atoms with Gasteiger partial charge in [0.25, 0.3) is 0 Å². The standard InChI is InChI=1S/C28H28FN3OS/c1-16(24-13-20(7-9-23(24)28(30)33)27-15-32-17(2)34-27)18-3-5-19(6-4-18)22-11-12-31-26-10-8-21(29)14-25(22)26/h7-16,18-19H,3-6H2,1-2H3,(H2,30,33)/t16-,18?,19?/m1/s1. The molecular formula is C28H28FN3OS. The van der Waals surface area contributed by atoms with Gasteiger partial charge in [-0.25, -0.2) is 9.37 Å². The zero-order valence-electron chi connectivity index (χ0n) is 19.4. The lowest BCUT2D eigenvalue weighted by molar-refractivity contribution is 0.0998. The van der Waals surface area contributed by atoms with Gasteiger partial charge in [-0.3, -0.25) is 9.78 Å². The average molecular weight is 474 g/mol. The van der Waals surface area contributed by atoms with E-state index in [9.17, 15) is 9.18 Å². The molecule has 2 aromatic carbocycles. The van der Waals surface area contributed by atoms with Crippen molar-refractivity contribution in [1.82, 2.24) is 9.97 Å². The van der Waals surface area contributed by atoms with Crippen LogP contribution < -0.4 is 5.73 Å². The third kappa shape index (κ3) is 4.34. The smallest absolute Gasteiger partial charge is 0.248 e. The Kier molecular flexibility index (Phi) is 6.17. The van der Waals surface area contributed by atoms with Crippen LogP contribution in [0.4, 0.5) is 4.39 Å². The van der Waals surface area contributed by atoms with E-state index in [1.807, 2.05) is 37.5 Å². The highest BCUT2D eigenvalue weighted by Crippen LogP contribution is 2.44. The second-order valence-corrected chi connectivity index (χ2v) is 10.6. The highest BCUT2D eigenvalue weighted by atomic mass is 32.1. The highest BCUT2D eigenvalue weighted by molar-refractivity contribution is 7.15. The van der Waals surface area contributed by atoms with Gasteiger partial charge >= 0.3 is 0 Å². The van der Waals surface area contributed by atoms with Crippen LogP contribution in [0.15, 0.2) is 54.9 Å². The first kappa shape index (κ1) is 22.7. The third-order valence-electron chi connectivity index (χ3n) is 7.37. The van der Waals surface area contributed by atoms with Gasteiger partial charge in [-0.05, 0) is 103 Å². The Balaban J connectivity index is 1.38. The number of primary amides is 1. The lowest BCUT2D eigenvalue weighted by Crippen LogP contribution is -2.22. The lowest BCUT2D eigenvalue weighted by Gasteiger charge is -2.33. The number of pyridine rings is 1. The molecule has 174 valence electrons. The van der Waals surface area contributed by atoms with Crippen molar-refractivity contribution in [1.29, 1.82) is 0 Å². The molecule has 0 aliphatic heterocycles. The Bertz CT molecular complexity index is 1360. The van der Waals surface area contributed by atoms with Crippen LogP contribution in [0.2, 0.25) is 0 Å². The Labute approximate surface area is 203 Å². The summed E-state index contributed by atoms with van der Waals surface area (Å²) in [4.78, 5) is 22.1. The minimum absolute atomic E-state index is 0.212. The maximum absolute atomic E-state index is 13.9. The van der Waals surface area contributed by atoms with Gasteiger partial charge in [0.15, 0.2) is 0 Å². The van der Waals surface area contributed by atoms with E-state index in [0.29, 0.717) is 17.4 Å². The Hall–Kier alpha value is -3.12. The minimum atomic E-state index is -0.382. The molecule has 0 spiro atoms. The highest BCUT2D eigenvalue weighted by Gasteiger charge is 2.29. The number of amides is 1. The number of carbonyl (C=O) groups excluding carboxylic acids is 1. The van der Waals surface area contributed by atoms with Gasteiger partial charge in [0.1, 0.15) is 5.82 Å². The molecule has 0 unspecified atom stereocenters. The van der Waals surface area contributed by atoms with Gasteiger partial charge in [-0.2, -0.15) is 0 Å². The number of hydrogen-bond acceptors (Lipinski definition) is 4. The molecule has 4 aromatic rings. The predicted molar refractivity (Wildman–Crippen MR) is 136 cm³/mol. The molecule has 0 radical (unpaired) electrons. The maximum atomic E-state index is 13.9. The number of halogens is 1. The van der Waals surface area contributed by atoms with Crippen molar-refractivity contribution in [3.8, 4) is 10.4 Å². The van der Waals surface area contributed by atoms with E-state index < -0.39 is 0 Å². The number of thiazole rings is 1. The van der Waals surface area contributed by atoms with Crippen LogP contribution in [0, 0.1) is 18.7 Å². The van der Waals surface area contributed by atoms with Crippen molar-refractivity contribution < 1.29 is 9.18 Å². The topological polar surface area (TPSA) is 68.9 Å². The minimum Gasteiger partial charge on any atom is -0.366 e. The fourth-order valence-electron chi connectivity index (χ4n) is 5.49. The molecule has 2 heterocycles. The van der Waals surface area contributed by atoms with E-state index in [4.69, 9.17) is 5.73 Å². The van der Waals surface area contributed by atoms with Gasteiger partial charge in [-0.15, -0.1) is 11.3 Å². The van der Waals surface area contributed by atoms with Crippen LogP contribution in [0.3, 0.4) is 0 Å². The monoisotopic (exact) mass is 473 g/mol. The molecule has 1 saturated carbocycles. The summed E-state index contributed by atoms with van der Waals surface area (Å²) < 4.78 is 13.9. The Morgan fingerprint density at radius 1 is 1.09 bits per heavy atom. The van der Waals surface area contributed by atoms with Crippen molar-refractivity contribution >= 4 is 28.1 Å². The zero-order valence-corrected chi connectivity index (χ0v) is 20.2. The number of aromatic nitrogens is 2. The van der Waals surface area contributed by atoms with E-state index in [1.54, 1.807) is 23.5 Å². The number of benzene rings is 2. The molecular weight excluding hydrogens is 445 g/mol. The summed E-state index contributed by atoms with van der Waals surface area (Å²) in [5.74, 6) is 0.450. The number of hydrogen-bond donors (Lipinski definition) is 1. The molecule has 1 aliphatic carbocycles. The first-order valence-electron chi connectivity index (χ1n) is 11.8. The summed E-state index contributed by atoms with van der Waals surface area (Å²) in [5.41, 5.74) is 10.5. The van der Waals surface area contributed by atoms with Crippen molar-refractivity contribution in [2.75, 3.05) is 0 Å². The summed E-state index contributed by atoms with van der Waals surface area (Å²) >= 11 is 1.65. The van der Waals surface area contributed by atoms with Crippen molar-refractivity contribution in [3.05, 3.63) is 82.4 Å².